The van der Waals surface area contributed by atoms with Gasteiger partial charge in [-0.1, -0.05) is 0 Å². The van der Waals surface area contributed by atoms with Crippen molar-refractivity contribution in [3.63, 3.8) is 0 Å². The SMILES string of the molecule is CC(C)(O)c1ncc(C(F)(F)F)cc1N. The molecule has 1 heterocycles. The maximum absolute atomic E-state index is 12.2. The van der Waals surface area contributed by atoms with Gasteiger partial charge in [-0.3, -0.25) is 4.98 Å². The number of anilines is 1. The van der Waals surface area contributed by atoms with Gasteiger partial charge in [-0.2, -0.15) is 13.2 Å². The number of rotatable bonds is 1. The van der Waals surface area contributed by atoms with E-state index < -0.39 is 17.3 Å². The van der Waals surface area contributed by atoms with Crippen LogP contribution in [0.5, 0.6) is 0 Å². The Hall–Kier alpha value is -1.30. The number of hydrogen-bond acceptors (Lipinski definition) is 3. The molecule has 0 unspecified atom stereocenters. The highest BCUT2D eigenvalue weighted by molar-refractivity contribution is 5.47. The molecule has 0 spiro atoms. The molecular weight excluding hydrogens is 209 g/mol. The summed E-state index contributed by atoms with van der Waals surface area (Å²) in [5.41, 5.74) is 2.97. The molecular formula is C9H11F3N2O. The van der Waals surface area contributed by atoms with Crippen molar-refractivity contribution in [2.45, 2.75) is 25.6 Å². The Morgan fingerprint density at radius 2 is 1.87 bits per heavy atom. The Morgan fingerprint density at radius 3 is 2.20 bits per heavy atom. The Morgan fingerprint density at radius 1 is 1.33 bits per heavy atom. The summed E-state index contributed by atoms with van der Waals surface area (Å²) < 4.78 is 36.7. The molecule has 0 aliphatic carbocycles. The van der Waals surface area contributed by atoms with Crippen molar-refractivity contribution in [3.05, 3.63) is 23.5 Å². The van der Waals surface area contributed by atoms with Crippen LogP contribution in [0.1, 0.15) is 25.1 Å². The van der Waals surface area contributed by atoms with Gasteiger partial charge in [0.15, 0.2) is 0 Å². The second kappa shape index (κ2) is 3.37. The fraction of sp³-hybridized carbons (Fsp3) is 0.444. The van der Waals surface area contributed by atoms with Gasteiger partial charge in [0.25, 0.3) is 0 Å². The standard InChI is InChI=1S/C9H11F3N2O/c1-8(2,15)7-6(13)3-5(4-14-7)9(10,11)12/h3-4,15H,13H2,1-2H3. The third-order valence-electron chi connectivity index (χ3n) is 1.82. The summed E-state index contributed by atoms with van der Waals surface area (Å²) in [6.07, 6.45) is -3.82. The molecule has 0 fully saturated rings. The van der Waals surface area contributed by atoms with Crippen LogP contribution in [0, 0.1) is 0 Å². The molecule has 0 aliphatic rings. The Kier molecular flexibility index (Phi) is 2.65. The zero-order chi connectivity index (χ0) is 11.9. The van der Waals surface area contributed by atoms with E-state index in [9.17, 15) is 18.3 Å². The summed E-state index contributed by atoms with van der Waals surface area (Å²) in [5, 5.41) is 9.54. The van der Waals surface area contributed by atoms with Crippen molar-refractivity contribution in [1.29, 1.82) is 0 Å². The summed E-state index contributed by atoms with van der Waals surface area (Å²) in [6, 6.07) is 0.764. The minimum absolute atomic E-state index is 0.0375. The van der Waals surface area contributed by atoms with Crippen molar-refractivity contribution in [2.75, 3.05) is 5.73 Å². The van der Waals surface area contributed by atoms with Gasteiger partial charge in [0.2, 0.25) is 0 Å². The highest BCUT2D eigenvalue weighted by atomic mass is 19.4. The molecule has 1 aromatic heterocycles. The lowest BCUT2D eigenvalue weighted by Gasteiger charge is -2.19. The molecule has 3 N–H and O–H groups in total. The van der Waals surface area contributed by atoms with Crippen molar-refractivity contribution in [1.82, 2.24) is 4.98 Å². The van der Waals surface area contributed by atoms with Crippen LogP contribution in [0.15, 0.2) is 12.3 Å². The highest BCUT2D eigenvalue weighted by Crippen LogP contribution is 2.32. The minimum Gasteiger partial charge on any atom is -0.397 e. The molecule has 15 heavy (non-hydrogen) atoms. The lowest BCUT2D eigenvalue weighted by Crippen LogP contribution is -2.20. The van der Waals surface area contributed by atoms with Crippen LogP contribution >= 0.6 is 0 Å². The second-order valence-corrected chi connectivity index (χ2v) is 3.72. The van der Waals surface area contributed by atoms with Crippen LogP contribution < -0.4 is 5.73 Å². The van der Waals surface area contributed by atoms with Crippen molar-refractivity contribution < 1.29 is 18.3 Å². The number of aliphatic hydroxyl groups is 1. The van der Waals surface area contributed by atoms with Gasteiger partial charge in [-0.25, -0.2) is 0 Å². The van der Waals surface area contributed by atoms with E-state index in [0.29, 0.717) is 6.20 Å². The molecule has 0 saturated carbocycles. The summed E-state index contributed by atoms with van der Waals surface area (Å²) in [6.45, 7) is 2.80. The Labute approximate surface area is 84.7 Å². The van der Waals surface area contributed by atoms with E-state index in [4.69, 9.17) is 5.73 Å². The van der Waals surface area contributed by atoms with Gasteiger partial charge >= 0.3 is 6.18 Å². The molecule has 0 radical (unpaired) electrons. The fourth-order valence-electron chi connectivity index (χ4n) is 1.15. The van der Waals surface area contributed by atoms with Gasteiger partial charge in [-0.05, 0) is 19.9 Å². The number of hydrogen-bond donors (Lipinski definition) is 2. The molecule has 0 aliphatic heterocycles. The van der Waals surface area contributed by atoms with Gasteiger partial charge in [0, 0.05) is 6.20 Å². The van der Waals surface area contributed by atoms with E-state index in [2.05, 4.69) is 4.98 Å². The number of halogens is 3. The van der Waals surface area contributed by atoms with E-state index in [-0.39, 0.29) is 11.4 Å². The summed E-state index contributed by atoms with van der Waals surface area (Å²) in [7, 11) is 0. The summed E-state index contributed by atoms with van der Waals surface area (Å²) in [4.78, 5) is 3.52. The lowest BCUT2D eigenvalue weighted by atomic mass is 10.0. The van der Waals surface area contributed by atoms with E-state index in [1.54, 1.807) is 0 Å². The minimum atomic E-state index is -4.47. The molecule has 0 atom stereocenters. The number of nitrogens with two attached hydrogens (primary N) is 1. The van der Waals surface area contributed by atoms with E-state index in [0.717, 1.165) is 6.07 Å². The number of pyridine rings is 1. The van der Waals surface area contributed by atoms with Crippen LogP contribution in [0.3, 0.4) is 0 Å². The largest absolute Gasteiger partial charge is 0.417 e. The quantitative estimate of drug-likeness (QED) is 0.760. The van der Waals surface area contributed by atoms with Crippen LogP contribution in [0.4, 0.5) is 18.9 Å². The number of nitrogen functional groups attached to an aromatic ring is 1. The first kappa shape index (κ1) is 11.8. The first-order valence-corrected chi connectivity index (χ1v) is 4.18. The van der Waals surface area contributed by atoms with Gasteiger partial charge in [0.1, 0.15) is 5.60 Å². The zero-order valence-electron chi connectivity index (χ0n) is 8.26. The maximum atomic E-state index is 12.2. The molecule has 1 aromatic rings. The first-order chi connectivity index (χ1) is 6.62. The monoisotopic (exact) mass is 220 g/mol. The van der Waals surface area contributed by atoms with E-state index in [1.165, 1.54) is 13.8 Å². The predicted molar refractivity (Wildman–Crippen MR) is 48.9 cm³/mol. The van der Waals surface area contributed by atoms with Crippen molar-refractivity contribution in [2.24, 2.45) is 0 Å². The first-order valence-electron chi connectivity index (χ1n) is 4.18. The molecule has 0 aromatic carbocycles. The normalized spacial score (nSPS) is 12.9. The Balaban J connectivity index is 3.21. The predicted octanol–water partition coefficient (Wildman–Crippen LogP) is 1.91. The Bertz CT molecular complexity index is 369. The highest BCUT2D eigenvalue weighted by Gasteiger charge is 2.32. The van der Waals surface area contributed by atoms with Crippen LogP contribution in [-0.4, -0.2) is 10.1 Å². The molecule has 3 nitrogen and oxygen atoms in total. The molecule has 84 valence electrons. The average Bonchev–Trinajstić information content (AvgIpc) is 1.99. The number of nitrogens with zero attached hydrogens (tertiary/aromatic N) is 1. The molecule has 0 saturated heterocycles. The van der Waals surface area contributed by atoms with E-state index in [1.807, 2.05) is 0 Å². The molecule has 0 bridgehead atoms. The van der Waals surface area contributed by atoms with Crippen LogP contribution in [0.25, 0.3) is 0 Å². The molecule has 1 rings (SSSR count). The average molecular weight is 220 g/mol. The second-order valence-electron chi connectivity index (χ2n) is 3.72. The zero-order valence-corrected chi connectivity index (χ0v) is 8.26. The lowest BCUT2D eigenvalue weighted by molar-refractivity contribution is -0.137. The third kappa shape index (κ3) is 2.59. The number of alkyl halides is 3. The van der Waals surface area contributed by atoms with Crippen LogP contribution in [-0.2, 0) is 11.8 Å². The van der Waals surface area contributed by atoms with Gasteiger partial charge in [-0.15, -0.1) is 0 Å². The molecule has 6 heteroatoms. The van der Waals surface area contributed by atoms with Gasteiger partial charge in [0.05, 0.1) is 16.9 Å². The third-order valence-corrected chi connectivity index (χ3v) is 1.82. The topological polar surface area (TPSA) is 59.1 Å². The van der Waals surface area contributed by atoms with E-state index >= 15 is 0 Å². The summed E-state index contributed by atoms with van der Waals surface area (Å²) >= 11 is 0. The summed E-state index contributed by atoms with van der Waals surface area (Å²) in [5.74, 6) is 0. The van der Waals surface area contributed by atoms with Crippen LogP contribution in [0.2, 0.25) is 0 Å². The number of aromatic nitrogens is 1. The van der Waals surface area contributed by atoms with Gasteiger partial charge < -0.3 is 10.8 Å². The van der Waals surface area contributed by atoms with Crippen molar-refractivity contribution in [3.8, 4) is 0 Å². The fourth-order valence-corrected chi connectivity index (χ4v) is 1.15. The van der Waals surface area contributed by atoms with Crippen molar-refractivity contribution >= 4 is 5.69 Å². The maximum Gasteiger partial charge on any atom is 0.417 e. The smallest absolute Gasteiger partial charge is 0.397 e. The molecule has 0 amide bonds.